The van der Waals surface area contributed by atoms with Crippen molar-refractivity contribution in [2.45, 2.75) is 19.4 Å². The van der Waals surface area contributed by atoms with Gasteiger partial charge in [-0.25, -0.2) is 4.98 Å². The highest BCUT2D eigenvalue weighted by Crippen LogP contribution is 2.22. The molecule has 1 amide bonds. The van der Waals surface area contributed by atoms with Gasteiger partial charge in [0.25, 0.3) is 0 Å². The first-order valence-corrected chi connectivity index (χ1v) is 8.98. The minimum Gasteiger partial charge on any atom is -0.339 e. The molecule has 23 heavy (non-hydrogen) atoms. The lowest BCUT2D eigenvalue weighted by atomic mass is 10.2. The van der Waals surface area contributed by atoms with Crippen molar-refractivity contribution in [3.8, 4) is 0 Å². The maximum Gasteiger partial charge on any atom is 0.223 e. The summed E-state index contributed by atoms with van der Waals surface area (Å²) in [5.41, 5.74) is 0.959. The van der Waals surface area contributed by atoms with E-state index in [2.05, 4.69) is 4.98 Å². The Labute approximate surface area is 142 Å². The quantitative estimate of drug-likeness (QED) is 0.636. The monoisotopic (exact) mass is 344 g/mol. The van der Waals surface area contributed by atoms with Gasteiger partial charge in [0.05, 0.1) is 21.6 Å². The van der Waals surface area contributed by atoms with E-state index >= 15 is 0 Å². The zero-order chi connectivity index (χ0) is 16.2. The number of hydrogen-bond acceptors (Lipinski definition) is 5. The maximum atomic E-state index is 12.2. The van der Waals surface area contributed by atoms with E-state index in [9.17, 15) is 9.59 Å². The molecule has 4 nitrogen and oxygen atoms in total. The summed E-state index contributed by atoms with van der Waals surface area (Å²) < 4.78 is 1.12. The molecular formula is C17H16N2O2S2. The predicted molar refractivity (Wildman–Crippen MR) is 94.0 cm³/mol. The molecule has 2 heterocycles. The van der Waals surface area contributed by atoms with Crippen molar-refractivity contribution in [1.29, 1.82) is 0 Å². The fraction of sp³-hybridized carbons (Fsp3) is 0.235. The number of aromatic nitrogens is 1. The van der Waals surface area contributed by atoms with Crippen LogP contribution in [-0.2, 0) is 11.3 Å². The molecule has 6 heteroatoms. The van der Waals surface area contributed by atoms with Gasteiger partial charge in [-0.3, -0.25) is 9.59 Å². The first kappa shape index (κ1) is 15.8. The van der Waals surface area contributed by atoms with E-state index in [1.54, 1.807) is 29.4 Å². The molecule has 0 spiro atoms. The Bertz CT molecular complexity index is 791. The predicted octanol–water partition coefficient (Wildman–Crippen LogP) is 3.98. The summed E-state index contributed by atoms with van der Waals surface area (Å²) in [7, 11) is 1.75. The zero-order valence-corrected chi connectivity index (χ0v) is 14.3. The third kappa shape index (κ3) is 3.83. The molecule has 3 aromatic rings. The molecular weight excluding hydrogens is 328 g/mol. The summed E-state index contributed by atoms with van der Waals surface area (Å²) in [5.74, 6) is -0.00380. The number of hydrogen-bond donors (Lipinski definition) is 0. The van der Waals surface area contributed by atoms with Crippen molar-refractivity contribution in [1.82, 2.24) is 9.88 Å². The molecule has 0 radical (unpaired) electrons. The van der Waals surface area contributed by atoms with Gasteiger partial charge in [0, 0.05) is 19.9 Å². The summed E-state index contributed by atoms with van der Waals surface area (Å²) in [6, 6.07) is 11.6. The SMILES string of the molecule is CN(Cc1nc2ccccc2s1)C(=O)CCC(=O)c1cccs1. The Morgan fingerprint density at radius 2 is 1.96 bits per heavy atom. The number of amides is 1. The largest absolute Gasteiger partial charge is 0.339 e. The van der Waals surface area contributed by atoms with Crippen molar-refractivity contribution in [3.63, 3.8) is 0 Å². The van der Waals surface area contributed by atoms with Gasteiger partial charge in [-0.1, -0.05) is 18.2 Å². The molecule has 0 unspecified atom stereocenters. The van der Waals surface area contributed by atoms with Gasteiger partial charge in [0.1, 0.15) is 5.01 Å². The minimum atomic E-state index is -0.0332. The molecule has 3 rings (SSSR count). The van der Waals surface area contributed by atoms with Gasteiger partial charge in [0.15, 0.2) is 5.78 Å². The summed E-state index contributed by atoms with van der Waals surface area (Å²) >= 11 is 3.01. The van der Waals surface area contributed by atoms with Crippen molar-refractivity contribution >= 4 is 44.6 Å². The van der Waals surface area contributed by atoms with Crippen molar-refractivity contribution in [2.24, 2.45) is 0 Å². The van der Waals surface area contributed by atoms with Crippen LogP contribution in [0.4, 0.5) is 0 Å². The highest BCUT2D eigenvalue weighted by Gasteiger charge is 2.15. The van der Waals surface area contributed by atoms with Crippen LogP contribution in [0.15, 0.2) is 41.8 Å². The first-order valence-electron chi connectivity index (χ1n) is 7.28. The van der Waals surface area contributed by atoms with Gasteiger partial charge < -0.3 is 4.90 Å². The number of ketones is 1. The first-order chi connectivity index (χ1) is 11.1. The summed E-state index contributed by atoms with van der Waals surface area (Å²) in [6.07, 6.45) is 0.488. The van der Waals surface area contributed by atoms with Gasteiger partial charge in [-0.15, -0.1) is 22.7 Å². The fourth-order valence-electron chi connectivity index (χ4n) is 2.25. The van der Waals surface area contributed by atoms with E-state index in [0.29, 0.717) is 11.4 Å². The van der Waals surface area contributed by atoms with Crippen molar-refractivity contribution < 1.29 is 9.59 Å². The van der Waals surface area contributed by atoms with E-state index < -0.39 is 0 Å². The van der Waals surface area contributed by atoms with E-state index in [0.717, 1.165) is 15.2 Å². The Hall–Kier alpha value is -2.05. The number of thiazole rings is 1. The number of rotatable bonds is 6. The van der Waals surface area contributed by atoms with Crippen LogP contribution in [0.5, 0.6) is 0 Å². The van der Waals surface area contributed by atoms with Crippen LogP contribution in [0.25, 0.3) is 10.2 Å². The highest BCUT2D eigenvalue weighted by molar-refractivity contribution is 7.18. The smallest absolute Gasteiger partial charge is 0.223 e. The van der Waals surface area contributed by atoms with Crippen LogP contribution in [0.2, 0.25) is 0 Å². The Balaban J connectivity index is 1.56. The van der Waals surface area contributed by atoms with Gasteiger partial charge >= 0.3 is 0 Å². The Morgan fingerprint density at radius 3 is 2.70 bits per heavy atom. The van der Waals surface area contributed by atoms with Crippen LogP contribution < -0.4 is 0 Å². The number of carbonyl (C=O) groups is 2. The lowest BCUT2D eigenvalue weighted by molar-refractivity contribution is -0.130. The fourth-order valence-corrected chi connectivity index (χ4v) is 3.97. The molecule has 2 aromatic heterocycles. The lowest BCUT2D eigenvalue weighted by Crippen LogP contribution is -2.26. The van der Waals surface area contributed by atoms with E-state index in [4.69, 9.17) is 0 Å². The average Bonchev–Trinajstić information content (AvgIpc) is 3.20. The molecule has 0 aliphatic rings. The van der Waals surface area contributed by atoms with Crippen LogP contribution in [0, 0.1) is 0 Å². The summed E-state index contributed by atoms with van der Waals surface area (Å²) in [5, 5.41) is 2.78. The van der Waals surface area contributed by atoms with Gasteiger partial charge in [0.2, 0.25) is 5.91 Å². The third-order valence-electron chi connectivity index (χ3n) is 3.50. The van der Waals surface area contributed by atoms with Crippen LogP contribution in [0.3, 0.4) is 0 Å². The molecule has 0 aliphatic carbocycles. The molecule has 0 saturated carbocycles. The van der Waals surface area contributed by atoms with E-state index in [1.807, 2.05) is 35.7 Å². The molecule has 118 valence electrons. The van der Waals surface area contributed by atoms with Crippen molar-refractivity contribution in [2.75, 3.05) is 7.05 Å². The van der Waals surface area contributed by atoms with E-state index in [-0.39, 0.29) is 24.5 Å². The standard InChI is InChI=1S/C17H16N2O2S2/c1-19(11-16-18-12-5-2-3-6-14(12)23-16)17(21)9-8-13(20)15-7-4-10-22-15/h2-7,10H,8-9,11H2,1H3. The average molecular weight is 344 g/mol. The zero-order valence-electron chi connectivity index (χ0n) is 12.7. The van der Waals surface area contributed by atoms with Gasteiger partial charge in [-0.05, 0) is 23.6 Å². The molecule has 0 bridgehead atoms. The number of Topliss-reactive ketones (excluding diaryl/α,β-unsaturated/α-hetero) is 1. The number of carbonyl (C=O) groups excluding carboxylic acids is 2. The normalized spacial score (nSPS) is 10.8. The topological polar surface area (TPSA) is 50.3 Å². The van der Waals surface area contributed by atoms with Crippen LogP contribution in [0.1, 0.15) is 27.5 Å². The molecule has 0 aliphatic heterocycles. The highest BCUT2D eigenvalue weighted by atomic mass is 32.1. The molecule has 1 aromatic carbocycles. The second-order valence-corrected chi connectivity index (χ2v) is 7.29. The Morgan fingerprint density at radius 1 is 1.13 bits per heavy atom. The van der Waals surface area contributed by atoms with Crippen LogP contribution >= 0.6 is 22.7 Å². The molecule has 0 atom stereocenters. The summed E-state index contributed by atoms with van der Waals surface area (Å²) in [4.78, 5) is 31.0. The van der Waals surface area contributed by atoms with Gasteiger partial charge in [-0.2, -0.15) is 0 Å². The Kier molecular flexibility index (Phi) is 4.83. The van der Waals surface area contributed by atoms with Crippen molar-refractivity contribution in [3.05, 3.63) is 51.7 Å². The summed E-state index contributed by atoms with van der Waals surface area (Å²) in [6.45, 7) is 0.478. The minimum absolute atomic E-state index is 0.0294. The maximum absolute atomic E-state index is 12.2. The molecule has 0 N–H and O–H groups in total. The third-order valence-corrected chi connectivity index (χ3v) is 5.43. The molecule has 0 saturated heterocycles. The second-order valence-electron chi connectivity index (χ2n) is 5.23. The molecule has 0 fully saturated rings. The van der Waals surface area contributed by atoms with E-state index in [1.165, 1.54) is 11.3 Å². The van der Waals surface area contributed by atoms with Crippen LogP contribution in [-0.4, -0.2) is 28.6 Å². The number of benzene rings is 1. The number of nitrogens with zero attached hydrogens (tertiary/aromatic N) is 2. The number of para-hydroxylation sites is 1. The number of thiophene rings is 1. The lowest BCUT2D eigenvalue weighted by Gasteiger charge is -2.15. The second kappa shape index (κ2) is 7.02. The number of fused-ring (bicyclic) bond motifs is 1.